The van der Waals surface area contributed by atoms with E-state index in [1.54, 1.807) is 18.2 Å². The van der Waals surface area contributed by atoms with Gasteiger partial charge in [-0.15, -0.1) is 0 Å². The second-order valence-corrected chi connectivity index (χ2v) is 4.89. The van der Waals surface area contributed by atoms with Crippen LogP contribution in [0.5, 0.6) is 0 Å². The summed E-state index contributed by atoms with van der Waals surface area (Å²) in [6, 6.07) is 5.20. The molecule has 7 heteroatoms. The molecule has 0 fully saturated rings. The molecule has 0 aliphatic heterocycles. The van der Waals surface area contributed by atoms with Crippen LogP contribution in [0.1, 0.15) is 15.9 Å². The lowest BCUT2D eigenvalue weighted by molar-refractivity contribution is 0.00825. The number of amides is 1. The summed E-state index contributed by atoms with van der Waals surface area (Å²) in [5.41, 5.74) is 7.76. The summed E-state index contributed by atoms with van der Waals surface area (Å²) in [4.78, 5) is 12.0. The van der Waals surface area contributed by atoms with Gasteiger partial charge in [0.05, 0.1) is 46.2 Å². The van der Waals surface area contributed by atoms with Gasteiger partial charge >= 0.3 is 0 Å². The maximum atomic E-state index is 12.0. The average Bonchev–Trinajstić information content (AvgIpc) is 2.52. The monoisotopic (exact) mass is 326 g/mol. The second kappa shape index (κ2) is 11.8. The number of benzene rings is 1. The number of aryl methyl sites for hydroxylation is 1. The van der Waals surface area contributed by atoms with E-state index in [4.69, 9.17) is 25.1 Å². The Morgan fingerprint density at radius 2 is 1.70 bits per heavy atom. The van der Waals surface area contributed by atoms with E-state index in [0.717, 1.165) is 5.56 Å². The summed E-state index contributed by atoms with van der Waals surface area (Å²) in [5.74, 6) is -0.136. The van der Waals surface area contributed by atoms with Crippen molar-refractivity contribution in [3.8, 4) is 0 Å². The SMILES string of the molecule is Cc1cc(N)ccc1C(=O)NCCOCCOCCOCCO. The highest BCUT2D eigenvalue weighted by Gasteiger charge is 2.07. The molecule has 0 heterocycles. The van der Waals surface area contributed by atoms with E-state index in [9.17, 15) is 4.79 Å². The summed E-state index contributed by atoms with van der Waals surface area (Å²) < 4.78 is 15.7. The molecular weight excluding hydrogens is 300 g/mol. The van der Waals surface area contributed by atoms with Crippen molar-refractivity contribution in [3.05, 3.63) is 29.3 Å². The normalized spacial score (nSPS) is 10.7. The molecule has 0 unspecified atom stereocenters. The van der Waals surface area contributed by atoms with Gasteiger partial charge < -0.3 is 30.4 Å². The van der Waals surface area contributed by atoms with Gasteiger partial charge in [-0.05, 0) is 30.7 Å². The second-order valence-electron chi connectivity index (χ2n) is 4.89. The molecule has 23 heavy (non-hydrogen) atoms. The minimum absolute atomic E-state index is 0.0186. The molecule has 0 aliphatic rings. The summed E-state index contributed by atoms with van der Waals surface area (Å²) in [6.07, 6.45) is 0. The van der Waals surface area contributed by atoms with Crippen LogP contribution in [0, 0.1) is 6.92 Å². The molecule has 1 amide bonds. The zero-order chi connectivity index (χ0) is 16.9. The fourth-order valence-electron chi connectivity index (χ4n) is 1.88. The molecule has 130 valence electrons. The molecule has 0 saturated carbocycles. The lowest BCUT2D eigenvalue weighted by atomic mass is 10.1. The highest BCUT2D eigenvalue weighted by atomic mass is 16.5. The molecule has 1 aromatic rings. The number of nitrogens with two attached hydrogens (primary N) is 1. The summed E-state index contributed by atoms with van der Waals surface area (Å²) in [6.45, 7) is 4.89. The molecule has 0 saturated heterocycles. The Balaban J connectivity index is 2.01. The van der Waals surface area contributed by atoms with E-state index in [1.807, 2.05) is 6.92 Å². The third-order valence-corrected chi connectivity index (χ3v) is 3.01. The number of rotatable bonds is 12. The predicted octanol–water partition coefficient (Wildman–Crippen LogP) is 0.349. The van der Waals surface area contributed by atoms with Crippen molar-refractivity contribution in [1.82, 2.24) is 5.32 Å². The van der Waals surface area contributed by atoms with E-state index < -0.39 is 0 Å². The zero-order valence-corrected chi connectivity index (χ0v) is 13.5. The Morgan fingerprint density at radius 3 is 2.30 bits per heavy atom. The van der Waals surface area contributed by atoms with E-state index in [2.05, 4.69) is 5.32 Å². The maximum Gasteiger partial charge on any atom is 0.251 e. The van der Waals surface area contributed by atoms with Crippen LogP contribution in [0.15, 0.2) is 18.2 Å². The largest absolute Gasteiger partial charge is 0.399 e. The highest BCUT2D eigenvalue weighted by molar-refractivity contribution is 5.95. The van der Waals surface area contributed by atoms with Crippen molar-refractivity contribution in [1.29, 1.82) is 0 Å². The van der Waals surface area contributed by atoms with Crippen molar-refractivity contribution in [2.45, 2.75) is 6.92 Å². The van der Waals surface area contributed by atoms with Crippen LogP contribution in [0.3, 0.4) is 0 Å². The lowest BCUT2D eigenvalue weighted by Gasteiger charge is -2.09. The first-order valence-electron chi connectivity index (χ1n) is 7.63. The van der Waals surface area contributed by atoms with Gasteiger partial charge in [-0.1, -0.05) is 0 Å². The van der Waals surface area contributed by atoms with E-state index >= 15 is 0 Å². The smallest absolute Gasteiger partial charge is 0.251 e. The van der Waals surface area contributed by atoms with Crippen molar-refractivity contribution in [3.63, 3.8) is 0 Å². The zero-order valence-electron chi connectivity index (χ0n) is 13.5. The van der Waals surface area contributed by atoms with E-state index in [0.29, 0.717) is 57.4 Å². The molecule has 0 aliphatic carbocycles. The molecule has 0 atom stereocenters. The van der Waals surface area contributed by atoms with Crippen molar-refractivity contribution in [2.75, 3.05) is 58.5 Å². The van der Waals surface area contributed by atoms with Crippen molar-refractivity contribution >= 4 is 11.6 Å². The fraction of sp³-hybridized carbons (Fsp3) is 0.562. The molecule has 7 nitrogen and oxygen atoms in total. The van der Waals surface area contributed by atoms with Gasteiger partial charge in [-0.2, -0.15) is 0 Å². The maximum absolute atomic E-state index is 12.0. The quantitative estimate of drug-likeness (QED) is 0.378. The number of nitrogens with one attached hydrogen (secondary N) is 1. The molecular formula is C16H26N2O5. The highest BCUT2D eigenvalue weighted by Crippen LogP contribution is 2.11. The number of carbonyl (C=O) groups is 1. The number of aliphatic hydroxyl groups excluding tert-OH is 1. The Bertz CT molecular complexity index is 468. The predicted molar refractivity (Wildman–Crippen MR) is 87.5 cm³/mol. The summed E-state index contributed by atoms with van der Waals surface area (Å²) in [5, 5.41) is 11.3. The number of hydrogen-bond acceptors (Lipinski definition) is 6. The average molecular weight is 326 g/mol. The van der Waals surface area contributed by atoms with Crippen molar-refractivity contribution < 1.29 is 24.1 Å². The third kappa shape index (κ3) is 8.51. The first-order chi connectivity index (χ1) is 11.1. The third-order valence-electron chi connectivity index (χ3n) is 3.01. The standard InChI is InChI=1S/C16H26N2O5/c1-13-12-14(17)2-3-15(13)16(20)18-4-6-21-8-10-23-11-9-22-7-5-19/h2-3,12,19H,4-11,17H2,1H3,(H,18,20). The Labute approximate surface area is 136 Å². The minimum atomic E-state index is -0.136. The van der Waals surface area contributed by atoms with Gasteiger partial charge in [0, 0.05) is 17.8 Å². The molecule has 0 radical (unpaired) electrons. The topological polar surface area (TPSA) is 103 Å². The van der Waals surface area contributed by atoms with Gasteiger partial charge in [0.2, 0.25) is 0 Å². The van der Waals surface area contributed by atoms with Gasteiger partial charge in [-0.3, -0.25) is 4.79 Å². The lowest BCUT2D eigenvalue weighted by Crippen LogP contribution is -2.28. The molecule has 0 bridgehead atoms. The Kier molecular flexibility index (Phi) is 9.97. The number of aliphatic hydroxyl groups is 1. The van der Waals surface area contributed by atoms with Gasteiger partial charge in [0.25, 0.3) is 5.91 Å². The summed E-state index contributed by atoms with van der Waals surface area (Å²) >= 11 is 0. The summed E-state index contributed by atoms with van der Waals surface area (Å²) in [7, 11) is 0. The number of nitrogen functional groups attached to an aromatic ring is 1. The van der Waals surface area contributed by atoms with E-state index in [1.165, 1.54) is 0 Å². The number of anilines is 1. The number of hydrogen-bond donors (Lipinski definition) is 3. The van der Waals surface area contributed by atoms with Crippen LogP contribution in [0.2, 0.25) is 0 Å². The van der Waals surface area contributed by atoms with Gasteiger partial charge in [-0.25, -0.2) is 0 Å². The first kappa shape index (κ1) is 19.4. The van der Waals surface area contributed by atoms with Crippen LogP contribution in [0.4, 0.5) is 5.69 Å². The molecule has 0 spiro atoms. The molecule has 4 N–H and O–H groups in total. The van der Waals surface area contributed by atoms with Crippen molar-refractivity contribution in [2.24, 2.45) is 0 Å². The Morgan fingerprint density at radius 1 is 1.09 bits per heavy atom. The Hall–Kier alpha value is -1.67. The van der Waals surface area contributed by atoms with Gasteiger partial charge in [0.1, 0.15) is 0 Å². The van der Waals surface area contributed by atoms with E-state index in [-0.39, 0.29) is 12.5 Å². The van der Waals surface area contributed by atoms with Crippen LogP contribution in [0.25, 0.3) is 0 Å². The molecule has 1 rings (SSSR count). The van der Waals surface area contributed by atoms with Crippen LogP contribution in [-0.4, -0.2) is 63.8 Å². The molecule has 1 aromatic carbocycles. The fourth-order valence-corrected chi connectivity index (χ4v) is 1.88. The number of ether oxygens (including phenoxy) is 3. The van der Waals surface area contributed by atoms with Crippen LogP contribution in [-0.2, 0) is 14.2 Å². The van der Waals surface area contributed by atoms with Crippen LogP contribution < -0.4 is 11.1 Å². The van der Waals surface area contributed by atoms with Gasteiger partial charge in [0.15, 0.2) is 0 Å². The first-order valence-corrected chi connectivity index (χ1v) is 7.63. The minimum Gasteiger partial charge on any atom is -0.399 e. The number of carbonyl (C=O) groups excluding carboxylic acids is 1. The molecule has 0 aromatic heterocycles. The van der Waals surface area contributed by atoms with Crippen LogP contribution >= 0.6 is 0 Å².